The van der Waals surface area contributed by atoms with Gasteiger partial charge in [-0.3, -0.25) is 14.4 Å². The number of amides is 3. The van der Waals surface area contributed by atoms with Crippen LogP contribution >= 0.6 is 23.1 Å². The minimum atomic E-state index is -0.208. The number of anilines is 2. The predicted molar refractivity (Wildman–Crippen MR) is 144 cm³/mol. The van der Waals surface area contributed by atoms with Crippen molar-refractivity contribution in [2.24, 2.45) is 23.7 Å². The van der Waals surface area contributed by atoms with Crippen LogP contribution in [0.25, 0.3) is 10.2 Å². The van der Waals surface area contributed by atoms with Gasteiger partial charge in [-0.05, 0) is 60.4 Å². The monoisotopic (exact) mass is 517 g/mol. The molecule has 6 rings (SSSR count). The molecule has 3 aliphatic rings. The molecule has 1 aliphatic heterocycles. The molecule has 2 fully saturated rings. The first-order valence-corrected chi connectivity index (χ1v) is 14.3. The highest BCUT2D eigenvalue weighted by atomic mass is 32.2. The number of hydrogen-bond acceptors (Lipinski definition) is 6. The molecule has 4 atom stereocenters. The van der Waals surface area contributed by atoms with Crippen molar-refractivity contribution in [3.63, 3.8) is 0 Å². The maximum atomic E-state index is 13.2. The van der Waals surface area contributed by atoms with E-state index in [9.17, 15) is 14.4 Å². The second-order valence-corrected chi connectivity index (χ2v) is 11.9. The Balaban J connectivity index is 1.16. The minimum absolute atomic E-state index is 0.0569. The van der Waals surface area contributed by atoms with E-state index in [1.807, 2.05) is 24.3 Å². The van der Waals surface area contributed by atoms with Crippen LogP contribution in [0.2, 0.25) is 0 Å². The number of thioether (sulfide) groups is 1. The summed E-state index contributed by atoms with van der Waals surface area (Å²) in [5, 5.41) is 3.10. The van der Waals surface area contributed by atoms with Crippen molar-refractivity contribution < 1.29 is 14.4 Å². The van der Waals surface area contributed by atoms with Crippen molar-refractivity contribution in [3.05, 3.63) is 59.7 Å². The third-order valence-electron chi connectivity index (χ3n) is 7.67. The Morgan fingerprint density at radius 2 is 1.72 bits per heavy atom. The van der Waals surface area contributed by atoms with Crippen LogP contribution in [0.4, 0.5) is 11.4 Å². The number of hydrogen-bond donors (Lipinski definition) is 1. The largest absolute Gasteiger partial charge is 0.325 e. The Kier molecular flexibility index (Phi) is 5.96. The van der Waals surface area contributed by atoms with Crippen molar-refractivity contribution >= 4 is 62.4 Å². The molecule has 1 saturated heterocycles. The van der Waals surface area contributed by atoms with Gasteiger partial charge in [-0.1, -0.05) is 56.0 Å². The Labute approximate surface area is 218 Å². The molecule has 3 aromatic rings. The maximum absolute atomic E-state index is 13.2. The van der Waals surface area contributed by atoms with Crippen molar-refractivity contribution in [3.8, 4) is 0 Å². The molecule has 1 N–H and O–H groups in total. The summed E-state index contributed by atoms with van der Waals surface area (Å²) in [5.41, 5.74) is 4.62. The molecule has 0 unspecified atom stereocenters. The minimum Gasteiger partial charge on any atom is -0.325 e. The molecule has 8 heteroatoms. The van der Waals surface area contributed by atoms with Crippen molar-refractivity contribution in [1.82, 2.24) is 4.98 Å². The fourth-order valence-electron chi connectivity index (χ4n) is 5.96. The van der Waals surface area contributed by atoms with Gasteiger partial charge in [0.05, 0.1) is 33.5 Å². The highest BCUT2D eigenvalue weighted by molar-refractivity contribution is 8.01. The highest BCUT2D eigenvalue weighted by Crippen LogP contribution is 2.53. The first-order chi connectivity index (χ1) is 17.5. The quantitative estimate of drug-likeness (QED) is 0.256. The first-order valence-electron chi connectivity index (χ1n) is 12.5. The van der Waals surface area contributed by atoms with E-state index in [0.29, 0.717) is 5.69 Å². The van der Waals surface area contributed by atoms with E-state index in [-0.39, 0.29) is 47.1 Å². The van der Waals surface area contributed by atoms with Crippen molar-refractivity contribution in [1.29, 1.82) is 0 Å². The van der Waals surface area contributed by atoms with Crippen LogP contribution in [0.15, 0.2) is 52.9 Å². The molecule has 184 valence electrons. The van der Waals surface area contributed by atoms with E-state index >= 15 is 0 Å². The molecule has 6 nitrogen and oxygen atoms in total. The zero-order valence-corrected chi connectivity index (χ0v) is 21.8. The van der Waals surface area contributed by atoms with Crippen LogP contribution in [0.5, 0.6) is 0 Å². The molecular weight excluding hydrogens is 490 g/mol. The van der Waals surface area contributed by atoms with Gasteiger partial charge in [-0.2, -0.15) is 0 Å². The lowest BCUT2D eigenvalue weighted by Gasteiger charge is -2.17. The lowest BCUT2D eigenvalue weighted by Crippen LogP contribution is -2.32. The number of carbonyl (C=O) groups is 3. The summed E-state index contributed by atoms with van der Waals surface area (Å²) in [6, 6.07) is 11.7. The third kappa shape index (κ3) is 3.78. The SMILES string of the molecule is CCc1cccc(CC)c1NC(=O)CSc1nc2ccc(N3C(=O)[C@H]4[C@H](C3=O)[C@H]3C=C[C@H]4C3)cc2s1. The average molecular weight is 518 g/mol. The van der Waals surface area contributed by atoms with Crippen molar-refractivity contribution in [2.75, 3.05) is 16.0 Å². The van der Waals surface area contributed by atoms with Gasteiger partial charge in [0.25, 0.3) is 0 Å². The van der Waals surface area contributed by atoms with Crippen LogP contribution in [0.1, 0.15) is 31.4 Å². The summed E-state index contributed by atoms with van der Waals surface area (Å²) in [6.07, 6.45) is 6.86. The second kappa shape index (κ2) is 9.16. The van der Waals surface area contributed by atoms with Gasteiger partial charge in [0.2, 0.25) is 17.7 Å². The smallest absolute Gasteiger partial charge is 0.238 e. The zero-order valence-electron chi connectivity index (χ0n) is 20.2. The maximum Gasteiger partial charge on any atom is 0.238 e. The van der Waals surface area contributed by atoms with Gasteiger partial charge in [0, 0.05) is 5.69 Å². The number of aryl methyl sites for hydroxylation is 2. The van der Waals surface area contributed by atoms with Gasteiger partial charge in [-0.15, -0.1) is 11.3 Å². The fourth-order valence-corrected chi connectivity index (χ4v) is 7.86. The Bertz CT molecular complexity index is 1380. The number of aromatic nitrogens is 1. The molecule has 0 radical (unpaired) electrons. The fraction of sp³-hybridized carbons (Fsp3) is 0.357. The molecule has 1 saturated carbocycles. The summed E-state index contributed by atoms with van der Waals surface area (Å²) in [4.78, 5) is 45.1. The van der Waals surface area contributed by atoms with Crippen LogP contribution < -0.4 is 10.2 Å². The predicted octanol–water partition coefficient (Wildman–Crippen LogP) is 5.46. The van der Waals surface area contributed by atoms with E-state index in [4.69, 9.17) is 0 Å². The molecular formula is C28H27N3O3S2. The average Bonchev–Trinajstić information content (AvgIpc) is 3.65. The highest BCUT2D eigenvalue weighted by Gasteiger charge is 2.59. The number of nitrogens with one attached hydrogen (secondary N) is 1. The zero-order chi connectivity index (χ0) is 25.0. The topological polar surface area (TPSA) is 79.4 Å². The number of allylic oxidation sites excluding steroid dienone is 2. The van der Waals surface area contributed by atoms with Gasteiger partial charge >= 0.3 is 0 Å². The summed E-state index contributed by atoms with van der Waals surface area (Å²) >= 11 is 2.88. The molecule has 2 bridgehead atoms. The number of thiazole rings is 1. The number of carbonyl (C=O) groups excluding carboxylic acids is 3. The molecule has 36 heavy (non-hydrogen) atoms. The standard InChI is InChI=1S/C28H27N3O3S2/c1-3-15-6-5-7-16(4-2)25(15)30-22(32)14-35-28-29-20-11-10-19(13-21(20)36-28)31-26(33)23-17-8-9-18(12-17)24(23)27(31)34/h5-11,13,17-18,23-24H,3-4,12,14H2,1-2H3,(H,30,32)/t17-,18-,23+,24+/m0/s1. The van der Waals surface area contributed by atoms with Crippen LogP contribution in [-0.4, -0.2) is 28.5 Å². The van der Waals surface area contributed by atoms with E-state index in [0.717, 1.165) is 50.6 Å². The molecule has 0 spiro atoms. The van der Waals surface area contributed by atoms with Gasteiger partial charge < -0.3 is 5.32 Å². The Hall–Kier alpha value is -2.97. The van der Waals surface area contributed by atoms with Gasteiger partial charge in [-0.25, -0.2) is 9.88 Å². The Morgan fingerprint density at radius 1 is 1.06 bits per heavy atom. The molecule has 2 aliphatic carbocycles. The van der Waals surface area contributed by atoms with Gasteiger partial charge in [0.15, 0.2) is 4.34 Å². The number of imide groups is 1. The van der Waals surface area contributed by atoms with E-state index in [2.05, 4.69) is 48.4 Å². The van der Waals surface area contributed by atoms with Crippen LogP contribution in [-0.2, 0) is 27.2 Å². The first kappa shape index (κ1) is 23.4. The van der Waals surface area contributed by atoms with Crippen LogP contribution in [0.3, 0.4) is 0 Å². The summed E-state index contributed by atoms with van der Waals surface area (Å²) < 4.78 is 1.69. The number of para-hydroxylation sites is 1. The summed E-state index contributed by atoms with van der Waals surface area (Å²) in [6.45, 7) is 4.18. The van der Waals surface area contributed by atoms with Crippen LogP contribution in [0, 0.1) is 23.7 Å². The molecule has 1 aromatic heterocycles. The summed E-state index contributed by atoms with van der Waals surface area (Å²) in [5.74, 6) is 0.0302. The third-order valence-corrected chi connectivity index (χ3v) is 9.83. The summed E-state index contributed by atoms with van der Waals surface area (Å²) in [7, 11) is 0. The van der Waals surface area contributed by atoms with E-state index in [1.54, 1.807) is 0 Å². The van der Waals surface area contributed by atoms with Gasteiger partial charge in [0.1, 0.15) is 0 Å². The number of nitrogens with zero attached hydrogens (tertiary/aromatic N) is 2. The second-order valence-electron chi connectivity index (χ2n) is 9.64. The Morgan fingerprint density at radius 3 is 2.36 bits per heavy atom. The molecule has 2 heterocycles. The van der Waals surface area contributed by atoms with E-state index in [1.165, 1.54) is 28.0 Å². The number of fused-ring (bicyclic) bond motifs is 6. The van der Waals surface area contributed by atoms with Crippen molar-refractivity contribution in [2.45, 2.75) is 37.4 Å². The lowest BCUT2D eigenvalue weighted by atomic mass is 9.85. The molecule has 2 aromatic carbocycles. The van der Waals surface area contributed by atoms with E-state index < -0.39 is 0 Å². The number of benzene rings is 2. The lowest BCUT2D eigenvalue weighted by molar-refractivity contribution is -0.123. The molecule has 3 amide bonds. The normalized spacial score (nSPS) is 24.2. The number of rotatable bonds is 7.